The molecule has 0 saturated carbocycles. The summed E-state index contributed by atoms with van der Waals surface area (Å²) in [6.07, 6.45) is 1.03. The maximum Gasteiger partial charge on any atom is 0.0623 e. The molecule has 0 radical (unpaired) electrons. The molecule has 0 spiro atoms. The summed E-state index contributed by atoms with van der Waals surface area (Å²) in [7, 11) is 0. The zero-order valence-electron chi connectivity index (χ0n) is 6.80. The molecule has 0 aliphatic rings. The van der Waals surface area contributed by atoms with Crippen molar-refractivity contribution in [1.82, 2.24) is 0 Å². The third-order valence-electron chi connectivity index (χ3n) is 1.92. The quantitative estimate of drug-likeness (QED) is 0.644. The van der Waals surface area contributed by atoms with Crippen molar-refractivity contribution in [3.05, 3.63) is 34.2 Å². The van der Waals surface area contributed by atoms with Gasteiger partial charge in [-0.1, -0.05) is 36.7 Å². The molecular formula is C10H9ClS. The van der Waals surface area contributed by atoms with E-state index in [9.17, 15) is 0 Å². The van der Waals surface area contributed by atoms with Crippen LogP contribution in [0.2, 0.25) is 5.02 Å². The van der Waals surface area contributed by atoms with E-state index in [4.69, 9.17) is 11.6 Å². The third-order valence-corrected chi connectivity index (χ3v) is 3.78. The van der Waals surface area contributed by atoms with Crippen LogP contribution in [0.3, 0.4) is 0 Å². The van der Waals surface area contributed by atoms with E-state index in [2.05, 4.69) is 25.1 Å². The van der Waals surface area contributed by atoms with E-state index in [0.29, 0.717) is 0 Å². The fourth-order valence-corrected chi connectivity index (χ4v) is 2.80. The van der Waals surface area contributed by atoms with Crippen molar-refractivity contribution in [3.8, 4) is 0 Å². The maximum atomic E-state index is 6.17. The molecule has 0 unspecified atom stereocenters. The second kappa shape index (κ2) is 3.08. The molecule has 2 heteroatoms. The Kier molecular flexibility index (Phi) is 2.07. The Bertz CT molecular complexity index is 403. The monoisotopic (exact) mass is 196 g/mol. The van der Waals surface area contributed by atoms with Gasteiger partial charge in [0.15, 0.2) is 0 Å². The van der Waals surface area contributed by atoms with Crippen LogP contribution in [0.25, 0.3) is 10.1 Å². The zero-order valence-corrected chi connectivity index (χ0v) is 8.38. The highest BCUT2D eigenvalue weighted by Gasteiger charge is 2.06. The van der Waals surface area contributed by atoms with E-state index in [1.807, 2.05) is 6.07 Å². The molecule has 2 aromatic rings. The van der Waals surface area contributed by atoms with E-state index in [-0.39, 0.29) is 0 Å². The molecule has 0 nitrogen and oxygen atoms in total. The predicted molar refractivity (Wildman–Crippen MR) is 56.2 cm³/mol. The van der Waals surface area contributed by atoms with Gasteiger partial charge in [0.1, 0.15) is 0 Å². The van der Waals surface area contributed by atoms with E-state index < -0.39 is 0 Å². The van der Waals surface area contributed by atoms with Crippen molar-refractivity contribution >= 4 is 33.0 Å². The molecule has 2 rings (SSSR count). The summed E-state index contributed by atoms with van der Waals surface area (Å²) in [6.45, 7) is 2.14. The summed E-state index contributed by atoms with van der Waals surface area (Å²) in [5.74, 6) is 0. The number of hydrogen-bond acceptors (Lipinski definition) is 1. The van der Waals surface area contributed by atoms with Crippen molar-refractivity contribution in [2.24, 2.45) is 0 Å². The van der Waals surface area contributed by atoms with Crippen LogP contribution in [0, 0.1) is 0 Å². The molecule has 1 aromatic heterocycles. The number of benzene rings is 1. The minimum Gasteiger partial charge on any atom is -0.139 e. The molecule has 1 heterocycles. The highest BCUT2D eigenvalue weighted by molar-refractivity contribution is 7.19. The summed E-state index contributed by atoms with van der Waals surface area (Å²) in [5, 5.41) is 2.14. The smallest absolute Gasteiger partial charge is 0.0623 e. The Morgan fingerprint density at radius 1 is 1.33 bits per heavy atom. The van der Waals surface area contributed by atoms with Gasteiger partial charge in [0.05, 0.1) is 5.02 Å². The molecule has 12 heavy (non-hydrogen) atoms. The summed E-state index contributed by atoms with van der Waals surface area (Å²) in [6, 6.07) is 8.27. The van der Waals surface area contributed by atoms with Gasteiger partial charge in [-0.05, 0) is 12.5 Å². The molecule has 1 aromatic carbocycles. The van der Waals surface area contributed by atoms with Crippen LogP contribution in [0.5, 0.6) is 0 Å². The summed E-state index contributed by atoms with van der Waals surface area (Å²) < 4.78 is 1.29. The normalized spacial score (nSPS) is 10.8. The fraction of sp³-hybridized carbons (Fsp3) is 0.200. The van der Waals surface area contributed by atoms with Gasteiger partial charge in [0, 0.05) is 15.0 Å². The third kappa shape index (κ3) is 1.13. The molecule has 0 fully saturated rings. The second-order valence-corrected chi connectivity index (χ2v) is 4.20. The second-order valence-electron chi connectivity index (χ2n) is 2.69. The van der Waals surface area contributed by atoms with Crippen LogP contribution in [-0.4, -0.2) is 0 Å². The number of aryl methyl sites for hydroxylation is 1. The predicted octanol–water partition coefficient (Wildman–Crippen LogP) is 4.12. The standard InChI is InChI=1S/C10H9ClS/c1-2-8-10(11)7-5-3-4-6-9(7)12-8/h3-6H,2H2,1H3. The van der Waals surface area contributed by atoms with Crippen LogP contribution in [-0.2, 0) is 6.42 Å². The van der Waals surface area contributed by atoms with Gasteiger partial charge in [0.2, 0.25) is 0 Å². The Balaban J connectivity index is 2.78. The lowest BCUT2D eigenvalue weighted by Gasteiger charge is -1.88. The van der Waals surface area contributed by atoms with E-state index in [0.717, 1.165) is 11.4 Å². The first-order valence-electron chi connectivity index (χ1n) is 3.99. The first-order chi connectivity index (χ1) is 5.83. The first kappa shape index (κ1) is 8.09. The molecule has 0 N–H and O–H groups in total. The van der Waals surface area contributed by atoms with Crippen LogP contribution >= 0.6 is 22.9 Å². The maximum absolute atomic E-state index is 6.17. The summed E-state index contributed by atoms with van der Waals surface area (Å²) in [4.78, 5) is 1.29. The number of fused-ring (bicyclic) bond motifs is 1. The van der Waals surface area contributed by atoms with E-state index >= 15 is 0 Å². The Hall–Kier alpha value is -0.530. The number of hydrogen-bond donors (Lipinski definition) is 0. The van der Waals surface area contributed by atoms with Crippen molar-refractivity contribution in [2.45, 2.75) is 13.3 Å². The molecule has 0 atom stereocenters. The molecule has 0 saturated heterocycles. The van der Waals surface area contributed by atoms with Gasteiger partial charge in [-0.2, -0.15) is 0 Å². The summed E-state index contributed by atoms with van der Waals surface area (Å²) in [5.41, 5.74) is 0. The van der Waals surface area contributed by atoms with Gasteiger partial charge >= 0.3 is 0 Å². The molecular weight excluding hydrogens is 188 g/mol. The topological polar surface area (TPSA) is 0 Å². The van der Waals surface area contributed by atoms with E-state index in [1.54, 1.807) is 11.3 Å². The van der Waals surface area contributed by atoms with Crippen molar-refractivity contribution in [2.75, 3.05) is 0 Å². The lowest BCUT2D eigenvalue weighted by Crippen LogP contribution is -1.69. The van der Waals surface area contributed by atoms with Gasteiger partial charge < -0.3 is 0 Å². The fourth-order valence-electron chi connectivity index (χ4n) is 1.29. The van der Waals surface area contributed by atoms with Crippen molar-refractivity contribution in [3.63, 3.8) is 0 Å². The highest BCUT2D eigenvalue weighted by Crippen LogP contribution is 2.35. The Morgan fingerprint density at radius 2 is 2.08 bits per heavy atom. The minimum absolute atomic E-state index is 0.943. The Morgan fingerprint density at radius 3 is 2.75 bits per heavy atom. The number of rotatable bonds is 1. The SMILES string of the molecule is CCc1sc2ccccc2c1Cl. The zero-order chi connectivity index (χ0) is 8.55. The average molecular weight is 197 g/mol. The van der Waals surface area contributed by atoms with Crippen LogP contribution in [0.4, 0.5) is 0 Å². The highest BCUT2D eigenvalue weighted by atomic mass is 35.5. The lowest BCUT2D eigenvalue weighted by molar-refractivity contribution is 1.19. The molecule has 0 bridgehead atoms. The summed E-state index contributed by atoms with van der Waals surface area (Å²) >= 11 is 7.96. The molecule has 0 aliphatic carbocycles. The minimum atomic E-state index is 0.943. The van der Waals surface area contributed by atoms with Crippen molar-refractivity contribution in [1.29, 1.82) is 0 Å². The van der Waals surface area contributed by atoms with Gasteiger partial charge in [-0.25, -0.2) is 0 Å². The average Bonchev–Trinajstić information content (AvgIpc) is 2.44. The van der Waals surface area contributed by atoms with Crippen molar-refractivity contribution < 1.29 is 0 Å². The van der Waals surface area contributed by atoms with Crippen LogP contribution < -0.4 is 0 Å². The number of halogens is 1. The van der Waals surface area contributed by atoms with Gasteiger partial charge in [-0.3, -0.25) is 0 Å². The first-order valence-corrected chi connectivity index (χ1v) is 5.18. The molecule has 0 amide bonds. The number of thiophene rings is 1. The molecule has 62 valence electrons. The van der Waals surface area contributed by atoms with Crippen LogP contribution in [0.1, 0.15) is 11.8 Å². The lowest BCUT2D eigenvalue weighted by atomic mass is 10.2. The van der Waals surface area contributed by atoms with Gasteiger partial charge in [0.25, 0.3) is 0 Å². The molecule has 0 aliphatic heterocycles. The van der Waals surface area contributed by atoms with E-state index in [1.165, 1.54) is 15.0 Å². The van der Waals surface area contributed by atoms with Crippen LogP contribution in [0.15, 0.2) is 24.3 Å². The Labute approximate surface area is 80.8 Å². The largest absolute Gasteiger partial charge is 0.139 e. The van der Waals surface area contributed by atoms with Gasteiger partial charge in [-0.15, -0.1) is 11.3 Å².